The third kappa shape index (κ3) is 3.81. The summed E-state index contributed by atoms with van der Waals surface area (Å²) in [5.74, 6) is 1.08. The molecule has 7 heteroatoms. The van der Waals surface area contributed by atoms with Crippen LogP contribution in [0.2, 0.25) is 0 Å². The number of benzene rings is 2. The lowest BCUT2D eigenvalue weighted by atomic mass is 10.0. The van der Waals surface area contributed by atoms with Gasteiger partial charge in [0.05, 0.1) is 17.4 Å². The highest BCUT2D eigenvalue weighted by molar-refractivity contribution is 6.14. The normalized spacial score (nSPS) is 14.1. The maximum Gasteiger partial charge on any atom is 0.421 e. The molecule has 29 heavy (non-hydrogen) atoms. The molecule has 0 saturated heterocycles. The fraction of sp³-hybridized carbons (Fsp3) is 0.318. The zero-order chi connectivity index (χ0) is 20.8. The summed E-state index contributed by atoms with van der Waals surface area (Å²) in [6.07, 6.45) is 1.93. The minimum atomic E-state index is -0.678. The summed E-state index contributed by atoms with van der Waals surface area (Å²) in [7, 11) is 1.89. The Hall–Kier alpha value is -3.35. The van der Waals surface area contributed by atoms with Crippen molar-refractivity contribution in [2.75, 3.05) is 4.90 Å². The lowest BCUT2D eigenvalue weighted by Crippen LogP contribution is -2.43. The van der Waals surface area contributed by atoms with Crippen molar-refractivity contribution in [1.82, 2.24) is 9.78 Å². The molecule has 7 nitrogen and oxygen atoms in total. The zero-order valence-corrected chi connectivity index (χ0v) is 16.9. The van der Waals surface area contributed by atoms with E-state index in [-0.39, 0.29) is 12.3 Å². The van der Waals surface area contributed by atoms with Gasteiger partial charge in [0.15, 0.2) is 0 Å². The van der Waals surface area contributed by atoms with Crippen LogP contribution in [-0.4, -0.2) is 27.4 Å². The maximum atomic E-state index is 12.5. The van der Waals surface area contributed by atoms with Crippen LogP contribution in [0.15, 0.2) is 42.6 Å². The van der Waals surface area contributed by atoms with Crippen molar-refractivity contribution in [3.8, 4) is 11.5 Å². The molecule has 0 aliphatic carbocycles. The number of hydrogen-bond acceptors (Lipinski definition) is 5. The number of aromatic nitrogens is 2. The topological polar surface area (TPSA) is 73.7 Å². The van der Waals surface area contributed by atoms with Gasteiger partial charge in [-0.05, 0) is 69.2 Å². The van der Waals surface area contributed by atoms with Gasteiger partial charge in [0, 0.05) is 18.9 Å². The van der Waals surface area contributed by atoms with E-state index in [1.54, 1.807) is 43.8 Å². The van der Waals surface area contributed by atoms with Crippen LogP contribution in [0.5, 0.6) is 11.5 Å². The van der Waals surface area contributed by atoms with Crippen LogP contribution in [0.1, 0.15) is 32.8 Å². The molecule has 0 N–H and O–H groups in total. The maximum absolute atomic E-state index is 12.5. The third-order valence-corrected chi connectivity index (χ3v) is 4.68. The van der Waals surface area contributed by atoms with Crippen molar-refractivity contribution in [3.63, 3.8) is 0 Å². The first-order valence-corrected chi connectivity index (χ1v) is 9.50. The smallest absolute Gasteiger partial charge is 0.421 e. The Morgan fingerprint density at radius 2 is 1.79 bits per heavy atom. The first-order chi connectivity index (χ1) is 13.7. The largest absolute Gasteiger partial charge is 0.457 e. The van der Waals surface area contributed by atoms with E-state index in [0.717, 1.165) is 21.4 Å². The van der Waals surface area contributed by atoms with Gasteiger partial charge in [-0.3, -0.25) is 9.48 Å². The molecule has 4 rings (SSSR count). The van der Waals surface area contributed by atoms with Crippen molar-refractivity contribution >= 4 is 28.6 Å². The fourth-order valence-electron chi connectivity index (χ4n) is 3.38. The second kappa shape index (κ2) is 6.92. The molecule has 0 bridgehead atoms. The van der Waals surface area contributed by atoms with Crippen LogP contribution in [-0.2, 0) is 23.0 Å². The molecule has 0 unspecified atom stereocenters. The van der Waals surface area contributed by atoms with Gasteiger partial charge in [-0.15, -0.1) is 0 Å². The highest BCUT2D eigenvalue weighted by Gasteiger charge is 2.33. The summed E-state index contributed by atoms with van der Waals surface area (Å²) in [6.45, 7) is 5.32. The Morgan fingerprint density at radius 1 is 1.07 bits per heavy atom. The molecule has 0 fully saturated rings. The SMILES string of the molecule is Cn1ncc2cc(Oc3ccc4c(c3)CCC(=O)N4C(=O)OC(C)(C)C)ccc21. The molecule has 0 saturated carbocycles. The Bertz CT molecular complexity index is 1110. The van der Waals surface area contributed by atoms with Crippen molar-refractivity contribution < 1.29 is 19.1 Å². The quantitative estimate of drug-likeness (QED) is 0.637. The number of ether oxygens (including phenoxy) is 2. The molecule has 150 valence electrons. The summed E-state index contributed by atoms with van der Waals surface area (Å²) < 4.78 is 13.2. The minimum Gasteiger partial charge on any atom is -0.457 e. The van der Waals surface area contributed by atoms with Crippen LogP contribution < -0.4 is 9.64 Å². The van der Waals surface area contributed by atoms with Crippen LogP contribution in [0, 0.1) is 0 Å². The molecule has 2 heterocycles. The predicted molar refractivity (Wildman–Crippen MR) is 109 cm³/mol. The lowest BCUT2D eigenvalue weighted by Gasteiger charge is -2.30. The van der Waals surface area contributed by atoms with E-state index in [4.69, 9.17) is 9.47 Å². The summed E-state index contributed by atoms with van der Waals surface area (Å²) in [6, 6.07) is 11.1. The molecule has 0 radical (unpaired) electrons. The highest BCUT2D eigenvalue weighted by atomic mass is 16.6. The van der Waals surface area contributed by atoms with E-state index in [0.29, 0.717) is 23.6 Å². The minimum absolute atomic E-state index is 0.247. The second-order valence-electron chi connectivity index (χ2n) is 8.09. The second-order valence-corrected chi connectivity index (χ2v) is 8.09. The van der Waals surface area contributed by atoms with Crippen molar-refractivity contribution in [1.29, 1.82) is 0 Å². The average molecular weight is 393 g/mol. The van der Waals surface area contributed by atoms with E-state index >= 15 is 0 Å². The van der Waals surface area contributed by atoms with E-state index < -0.39 is 11.7 Å². The predicted octanol–water partition coefficient (Wildman–Crippen LogP) is 4.58. The van der Waals surface area contributed by atoms with Crippen LogP contribution in [0.3, 0.4) is 0 Å². The van der Waals surface area contributed by atoms with E-state index in [9.17, 15) is 9.59 Å². The lowest BCUT2D eigenvalue weighted by molar-refractivity contribution is -0.118. The molecule has 2 amide bonds. The van der Waals surface area contributed by atoms with Gasteiger partial charge in [-0.25, -0.2) is 9.69 Å². The number of fused-ring (bicyclic) bond motifs is 2. The number of carbonyl (C=O) groups excluding carboxylic acids is 2. The number of anilines is 1. The molecule has 0 atom stereocenters. The zero-order valence-electron chi connectivity index (χ0n) is 16.9. The van der Waals surface area contributed by atoms with Gasteiger partial charge in [-0.2, -0.15) is 5.10 Å². The number of amides is 2. The van der Waals surface area contributed by atoms with Gasteiger partial charge in [0.25, 0.3) is 0 Å². The summed E-state index contributed by atoms with van der Waals surface area (Å²) in [5.41, 5.74) is 1.76. The van der Waals surface area contributed by atoms with Gasteiger partial charge < -0.3 is 9.47 Å². The van der Waals surface area contributed by atoms with Crippen LogP contribution in [0.25, 0.3) is 10.9 Å². The first-order valence-electron chi connectivity index (χ1n) is 9.50. The fourth-order valence-corrected chi connectivity index (χ4v) is 3.38. The Kier molecular flexibility index (Phi) is 4.53. The summed E-state index contributed by atoms with van der Waals surface area (Å²) in [5, 5.41) is 5.23. The van der Waals surface area contributed by atoms with Gasteiger partial charge in [0.1, 0.15) is 17.1 Å². The highest BCUT2D eigenvalue weighted by Crippen LogP contribution is 2.34. The first kappa shape index (κ1) is 19.0. The van der Waals surface area contributed by atoms with Gasteiger partial charge in [0.2, 0.25) is 5.91 Å². The summed E-state index contributed by atoms with van der Waals surface area (Å²) in [4.78, 5) is 26.0. The number of imide groups is 1. The molecule has 1 aromatic heterocycles. The number of carbonyl (C=O) groups is 2. The molecule has 1 aliphatic rings. The van der Waals surface area contributed by atoms with E-state index in [1.165, 1.54) is 0 Å². The van der Waals surface area contributed by atoms with Crippen LogP contribution >= 0.6 is 0 Å². The Morgan fingerprint density at radius 3 is 2.55 bits per heavy atom. The molecule has 3 aromatic rings. The van der Waals surface area contributed by atoms with E-state index in [2.05, 4.69) is 5.10 Å². The monoisotopic (exact) mass is 393 g/mol. The number of hydrogen-bond donors (Lipinski definition) is 0. The van der Waals surface area contributed by atoms with Gasteiger partial charge >= 0.3 is 6.09 Å². The molecule has 2 aromatic carbocycles. The third-order valence-electron chi connectivity index (χ3n) is 4.68. The van der Waals surface area contributed by atoms with Gasteiger partial charge in [-0.1, -0.05) is 0 Å². The van der Waals surface area contributed by atoms with Crippen LogP contribution in [0.4, 0.5) is 10.5 Å². The van der Waals surface area contributed by atoms with Crippen molar-refractivity contribution in [2.45, 2.75) is 39.2 Å². The summed E-state index contributed by atoms with van der Waals surface area (Å²) >= 11 is 0. The Labute approximate surface area is 168 Å². The van der Waals surface area contributed by atoms with Crippen molar-refractivity contribution in [2.24, 2.45) is 7.05 Å². The number of rotatable bonds is 2. The van der Waals surface area contributed by atoms with E-state index in [1.807, 2.05) is 31.3 Å². The molecular weight excluding hydrogens is 370 g/mol. The number of aryl methyl sites for hydroxylation is 2. The average Bonchev–Trinajstić information content (AvgIpc) is 3.00. The molecule has 0 spiro atoms. The molecule has 1 aliphatic heterocycles. The standard InChI is InChI=1S/C22H23N3O4/c1-22(2,3)29-21(27)25-19-9-7-16(11-14(19)5-10-20(25)26)28-17-6-8-18-15(12-17)13-23-24(18)4/h6-9,11-13H,5,10H2,1-4H3. The van der Waals surface area contributed by atoms with Crippen molar-refractivity contribution in [3.05, 3.63) is 48.2 Å². The Balaban J connectivity index is 1.60. The number of nitrogens with zero attached hydrogens (tertiary/aromatic N) is 3. The molecular formula is C22H23N3O4.